The van der Waals surface area contributed by atoms with Gasteiger partial charge in [-0.2, -0.15) is 0 Å². The van der Waals surface area contributed by atoms with Crippen molar-refractivity contribution in [1.82, 2.24) is 0 Å². The second-order valence-corrected chi connectivity index (χ2v) is 7.65. The van der Waals surface area contributed by atoms with E-state index in [9.17, 15) is 18.0 Å². The van der Waals surface area contributed by atoms with E-state index in [1.54, 1.807) is 26.8 Å². The first-order valence-corrected chi connectivity index (χ1v) is 7.93. The Labute approximate surface area is 122 Å². The van der Waals surface area contributed by atoms with Crippen LogP contribution in [0.1, 0.15) is 29.8 Å². The molecular weight excluding hydrogens is 302 g/mol. The summed E-state index contributed by atoms with van der Waals surface area (Å²) in [6.45, 7) is 4.84. The summed E-state index contributed by atoms with van der Waals surface area (Å²) < 4.78 is 25.2. The number of carbonyl (C=O) groups is 2. The molecule has 1 aliphatic heterocycles. The standard InChI is InChI=1S/C13H14ClNO4S/c1-8-4-5-9(11(14)16)6-10(8)15-12(17)13(2,3)7-20(15,18)19/h4-6H,7H2,1-3H3. The number of rotatable bonds is 2. The first-order valence-electron chi connectivity index (χ1n) is 5.94. The van der Waals surface area contributed by atoms with Gasteiger partial charge in [0.15, 0.2) is 0 Å². The molecule has 1 aromatic rings. The van der Waals surface area contributed by atoms with E-state index in [-0.39, 0.29) is 17.0 Å². The molecule has 20 heavy (non-hydrogen) atoms. The number of halogens is 1. The van der Waals surface area contributed by atoms with E-state index in [4.69, 9.17) is 11.6 Å². The van der Waals surface area contributed by atoms with Gasteiger partial charge in [0.05, 0.1) is 16.9 Å². The normalized spacial score (nSPS) is 20.2. The molecule has 0 aliphatic carbocycles. The molecule has 1 fully saturated rings. The zero-order valence-corrected chi connectivity index (χ0v) is 12.9. The lowest BCUT2D eigenvalue weighted by Gasteiger charge is -2.19. The van der Waals surface area contributed by atoms with Crippen LogP contribution in [0.25, 0.3) is 0 Å². The third kappa shape index (κ3) is 2.33. The summed E-state index contributed by atoms with van der Waals surface area (Å²) >= 11 is 5.41. The predicted molar refractivity (Wildman–Crippen MR) is 76.4 cm³/mol. The van der Waals surface area contributed by atoms with Gasteiger partial charge >= 0.3 is 0 Å². The summed E-state index contributed by atoms with van der Waals surface area (Å²) in [5.41, 5.74) is -0.0555. The number of hydrogen-bond donors (Lipinski definition) is 0. The van der Waals surface area contributed by atoms with Gasteiger partial charge in [-0.15, -0.1) is 0 Å². The zero-order chi connectivity index (χ0) is 15.3. The molecule has 7 heteroatoms. The van der Waals surface area contributed by atoms with Crippen molar-refractivity contribution in [2.24, 2.45) is 5.41 Å². The summed E-state index contributed by atoms with van der Waals surface area (Å²) in [7, 11) is -3.73. The molecule has 0 unspecified atom stereocenters. The summed E-state index contributed by atoms with van der Waals surface area (Å²) in [5.74, 6) is -0.753. The van der Waals surface area contributed by atoms with Crippen molar-refractivity contribution in [2.75, 3.05) is 10.1 Å². The van der Waals surface area contributed by atoms with Crippen molar-refractivity contribution in [3.63, 3.8) is 0 Å². The lowest BCUT2D eigenvalue weighted by molar-refractivity contribution is -0.123. The Morgan fingerprint density at radius 2 is 1.95 bits per heavy atom. The van der Waals surface area contributed by atoms with Crippen LogP contribution in [0, 0.1) is 12.3 Å². The van der Waals surface area contributed by atoms with Crippen LogP contribution < -0.4 is 4.31 Å². The van der Waals surface area contributed by atoms with Crippen molar-refractivity contribution in [2.45, 2.75) is 20.8 Å². The van der Waals surface area contributed by atoms with Crippen LogP contribution in [0.3, 0.4) is 0 Å². The topological polar surface area (TPSA) is 71.5 Å². The van der Waals surface area contributed by atoms with Gasteiger partial charge in [0.1, 0.15) is 0 Å². The largest absolute Gasteiger partial charge is 0.276 e. The molecule has 0 bridgehead atoms. The first-order chi connectivity index (χ1) is 9.06. The molecule has 1 saturated heterocycles. The second kappa shape index (κ2) is 4.56. The minimum absolute atomic E-state index is 0.153. The van der Waals surface area contributed by atoms with Crippen molar-refractivity contribution >= 4 is 38.5 Å². The van der Waals surface area contributed by atoms with E-state index in [1.165, 1.54) is 12.1 Å². The number of benzene rings is 1. The summed E-state index contributed by atoms with van der Waals surface area (Å²) in [6, 6.07) is 4.40. The van der Waals surface area contributed by atoms with E-state index in [0.717, 1.165) is 4.31 Å². The molecule has 0 spiro atoms. The van der Waals surface area contributed by atoms with Crippen molar-refractivity contribution in [3.05, 3.63) is 29.3 Å². The van der Waals surface area contributed by atoms with Crippen LogP contribution in [0.5, 0.6) is 0 Å². The summed E-state index contributed by atoms with van der Waals surface area (Å²) in [5, 5.41) is -0.699. The third-order valence-electron chi connectivity index (χ3n) is 3.24. The van der Waals surface area contributed by atoms with Crippen molar-refractivity contribution in [1.29, 1.82) is 0 Å². The van der Waals surface area contributed by atoms with Gasteiger partial charge in [-0.1, -0.05) is 6.07 Å². The zero-order valence-electron chi connectivity index (χ0n) is 11.3. The Hall–Kier alpha value is -1.40. The molecule has 1 aromatic carbocycles. The van der Waals surface area contributed by atoms with E-state index in [0.29, 0.717) is 5.56 Å². The highest BCUT2D eigenvalue weighted by atomic mass is 35.5. The number of anilines is 1. The number of hydrogen-bond acceptors (Lipinski definition) is 4. The van der Waals surface area contributed by atoms with E-state index in [1.807, 2.05) is 0 Å². The van der Waals surface area contributed by atoms with Gasteiger partial charge in [0, 0.05) is 5.56 Å². The fraction of sp³-hybridized carbons (Fsp3) is 0.385. The Morgan fingerprint density at radius 3 is 2.40 bits per heavy atom. The van der Waals surface area contributed by atoms with E-state index in [2.05, 4.69) is 0 Å². The van der Waals surface area contributed by atoms with Crippen LogP contribution in [-0.4, -0.2) is 25.3 Å². The molecule has 0 N–H and O–H groups in total. The van der Waals surface area contributed by atoms with Gasteiger partial charge in [0.2, 0.25) is 15.9 Å². The number of amides is 1. The molecule has 1 aliphatic rings. The van der Waals surface area contributed by atoms with Crippen molar-refractivity contribution in [3.8, 4) is 0 Å². The Kier molecular flexibility index (Phi) is 3.42. The number of aryl methyl sites for hydroxylation is 1. The maximum absolute atomic E-state index is 12.3. The molecule has 0 atom stereocenters. The first kappa shape index (κ1) is 15.0. The minimum atomic E-state index is -3.73. The average Bonchev–Trinajstić information content (AvgIpc) is 2.45. The van der Waals surface area contributed by atoms with Crippen LogP contribution >= 0.6 is 11.6 Å². The van der Waals surface area contributed by atoms with Crippen LogP contribution in [-0.2, 0) is 14.8 Å². The van der Waals surface area contributed by atoms with Crippen LogP contribution in [0.2, 0.25) is 0 Å². The van der Waals surface area contributed by atoms with E-state index >= 15 is 0 Å². The third-order valence-corrected chi connectivity index (χ3v) is 5.46. The highest BCUT2D eigenvalue weighted by molar-refractivity contribution is 7.94. The molecule has 1 amide bonds. The van der Waals surface area contributed by atoms with Gasteiger partial charge in [-0.3, -0.25) is 9.59 Å². The molecule has 0 aromatic heterocycles. The van der Waals surface area contributed by atoms with Crippen LogP contribution in [0.15, 0.2) is 18.2 Å². The van der Waals surface area contributed by atoms with Crippen molar-refractivity contribution < 1.29 is 18.0 Å². The number of nitrogens with zero attached hydrogens (tertiary/aromatic N) is 1. The molecule has 0 radical (unpaired) electrons. The minimum Gasteiger partial charge on any atom is -0.276 e. The smallest absolute Gasteiger partial charge is 0.252 e. The number of carbonyl (C=O) groups excluding carboxylic acids is 2. The van der Waals surface area contributed by atoms with E-state index < -0.39 is 26.6 Å². The highest BCUT2D eigenvalue weighted by Crippen LogP contribution is 2.37. The summed E-state index contributed by atoms with van der Waals surface area (Å²) in [4.78, 5) is 23.5. The molecular formula is C13H14ClNO4S. The second-order valence-electron chi connectivity index (χ2n) is 5.48. The molecule has 0 saturated carbocycles. The average molecular weight is 316 g/mol. The van der Waals surface area contributed by atoms with Gasteiger partial charge < -0.3 is 0 Å². The molecule has 108 valence electrons. The predicted octanol–water partition coefficient (Wildman–Crippen LogP) is 2.08. The number of sulfonamides is 1. The summed E-state index contributed by atoms with van der Waals surface area (Å²) in [6.07, 6.45) is 0. The fourth-order valence-electron chi connectivity index (χ4n) is 2.19. The molecule has 2 rings (SSSR count). The lowest BCUT2D eigenvalue weighted by atomic mass is 9.95. The van der Waals surface area contributed by atoms with Gasteiger partial charge in [-0.05, 0) is 50.1 Å². The monoisotopic (exact) mass is 315 g/mol. The Morgan fingerprint density at radius 1 is 1.35 bits per heavy atom. The fourth-order valence-corrected chi connectivity index (χ4v) is 4.47. The quantitative estimate of drug-likeness (QED) is 0.783. The van der Waals surface area contributed by atoms with Crippen LogP contribution in [0.4, 0.5) is 5.69 Å². The lowest BCUT2D eigenvalue weighted by Crippen LogP contribution is -2.33. The Balaban J connectivity index is 2.65. The Bertz CT molecular complexity index is 709. The van der Waals surface area contributed by atoms with Gasteiger partial charge in [0.25, 0.3) is 5.24 Å². The van der Waals surface area contributed by atoms with Gasteiger partial charge in [-0.25, -0.2) is 12.7 Å². The maximum atomic E-state index is 12.3. The molecule has 1 heterocycles. The molecule has 5 nitrogen and oxygen atoms in total. The SMILES string of the molecule is Cc1ccc(C(=O)Cl)cc1N1C(=O)C(C)(C)CS1(=O)=O. The highest BCUT2D eigenvalue weighted by Gasteiger charge is 2.50. The maximum Gasteiger partial charge on any atom is 0.252 e.